The van der Waals surface area contributed by atoms with Gasteiger partial charge in [0, 0.05) is 13.1 Å². The summed E-state index contributed by atoms with van der Waals surface area (Å²) >= 11 is 0. The van der Waals surface area contributed by atoms with Gasteiger partial charge in [-0.3, -0.25) is 4.79 Å². The van der Waals surface area contributed by atoms with Gasteiger partial charge >= 0.3 is 0 Å². The van der Waals surface area contributed by atoms with Crippen molar-refractivity contribution in [2.75, 3.05) is 19.7 Å². The van der Waals surface area contributed by atoms with Crippen LogP contribution in [0.5, 0.6) is 5.75 Å². The van der Waals surface area contributed by atoms with Crippen molar-refractivity contribution >= 4 is 5.91 Å². The maximum Gasteiger partial charge on any atom is 0.226 e. The van der Waals surface area contributed by atoms with E-state index in [1.807, 2.05) is 36.1 Å². The monoisotopic (exact) mass is 275 g/mol. The van der Waals surface area contributed by atoms with Gasteiger partial charge in [-0.15, -0.1) is 0 Å². The first-order valence-electron chi connectivity index (χ1n) is 7.68. The van der Waals surface area contributed by atoms with Crippen LogP contribution in [-0.2, 0) is 11.2 Å². The molecule has 0 saturated carbocycles. The smallest absolute Gasteiger partial charge is 0.226 e. The summed E-state index contributed by atoms with van der Waals surface area (Å²) in [5.74, 6) is 1.87. The molecule has 1 fully saturated rings. The highest BCUT2D eigenvalue weighted by Crippen LogP contribution is 2.18. The summed E-state index contributed by atoms with van der Waals surface area (Å²) in [7, 11) is 0. The van der Waals surface area contributed by atoms with Gasteiger partial charge in [0.1, 0.15) is 5.75 Å². The summed E-state index contributed by atoms with van der Waals surface area (Å²) in [6.07, 6.45) is 4.01. The second-order valence-electron chi connectivity index (χ2n) is 5.67. The average molecular weight is 275 g/mol. The van der Waals surface area contributed by atoms with Crippen molar-refractivity contribution in [1.29, 1.82) is 0 Å². The fraction of sp³-hybridized carbons (Fsp3) is 0.588. The van der Waals surface area contributed by atoms with Crippen LogP contribution >= 0.6 is 0 Å². The summed E-state index contributed by atoms with van der Waals surface area (Å²) in [6.45, 7) is 6.75. The predicted octanol–water partition coefficient (Wildman–Crippen LogP) is 3.28. The number of carbonyl (C=O) groups is 1. The fourth-order valence-corrected chi connectivity index (χ4v) is 2.67. The van der Waals surface area contributed by atoms with Crippen LogP contribution in [0.3, 0.4) is 0 Å². The number of benzene rings is 1. The van der Waals surface area contributed by atoms with Crippen molar-refractivity contribution < 1.29 is 9.53 Å². The van der Waals surface area contributed by atoms with Crippen LogP contribution in [0.15, 0.2) is 24.3 Å². The molecule has 0 aliphatic carbocycles. The highest BCUT2D eigenvalue weighted by atomic mass is 16.5. The number of rotatable bonds is 4. The quantitative estimate of drug-likeness (QED) is 0.844. The Labute approximate surface area is 121 Å². The first-order valence-corrected chi connectivity index (χ1v) is 7.68. The van der Waals surface area contributed by atoms with E-state index in [9.17, 15) is 4.79 Å². The Kier molecular flexibility index (Phi) is 5.45. The van der Waals surface area contributed by atoms with Gasteiger partial charge in [-0.2, -0.15) is 0 Å². The number of carbonyl (C=O) groups excluding carboxylic acids is 1. The normalized spacial score (nSPS) is 19.5. The Morgan fingerprint density at radius 2 is 2.00 bits per heavy atom. The van der Waals surface area contributed by atoms with Gasteiger partial charge in [-0.05, 0) is 49.8 Å². The zero-order valence-electron chi connectivity index (χ0n) is 12.6. The Balaban J connectivity index is 1.90. The van der Waals surface area contributed by atoms with Crippen LogP contribution in [-0.4, -0.2) is 30.5 Å². The van der Waals surface area contributed by atoms with Crippen LogP contribution in [0.4, 0.5) is 0 Å². The van der Waals surface area contributed by atoms with Crippen LogP contribution in [0.1, 0.15) is 38.7 Å². The standard InChI is InChI=1S/C17H25NO2/c1-3-20-16-8-6-15(7-9-16)13-17(19)18-11-4-5-14(2)10-12-18/h6-9,14H,3-5,10-13H2,1-2H3. The molecule has 3 heteroatoms. The van der Waals surface area contributed by atoms with Gasteiger partial charge in [0.05, 0.1) is 13.0 Å². The Morgan fingerprint density at radius 3 is 2.70 bits per heavy atom. The minimum absolute atomic E-state index is 0.253. The van der Waals surface area contributed by atoms with Gasteiger partial charge in [0.2, 0.25) is 5.91 Å². The third-order valence-electron chi connectivity index (χ3n) is 3.96. The zero-order chi connectivity index (χ0) is 14.4. The lowest BCUT2D eigenvalue weighted by Gasteiger charge is -2.20. The van der Waals surface area contributed by atoms with E-state index in [0.717, 1.165) is 43.2 Å². The van der Waals surface area contributed by atoms with Crippen molar-refractivity contribution in [3.8, 4) is 5.75 Å². The molecular weight excluding hydrogens is 250 g/mol. The molecule has 1 atom stereocenters. The first-order chi connectivity index (χ1) is 9.69. The van der Waals surface area contributed by atoms with Gasteiger partial charge in [-0.25, -0.2) is 0 Å². The second-order valence-corrected chi connectivity index (χ2v) is 5.67. The maximum atomic E-state index is 12.3. The third-order valence-corrected chi connectivity index (χ3v) is 3.96. The molecule has 110 valence electrons. The molecule has 0 spiro atoms. The van der Waals surface area contributed by atoms with Crippen LogP contribution in [0.2, 0.25) is 0 Å². The molecule has 1 unspecified atom stereocenters. The van der Waals surface area contributed by atoms with Crippen LogP contribution in [0.25, 0.3) is 0 Å². The molecule has 1 aliphatic heterocycles. The maximum absolute atomic E-state index is 12.3. The molecule has 1 amide bonds. The van der Waals surface area contributed by atoms with E-state index in [-0.39, 0.29) is 5.91 Å². The summed E-state index contributed by atoms with van der Waals surface area (Å²) < 4.78 is 5.42. The second kappa shape index (κ2) is 7.32. The van der Waals surface area contributed by atoms with Crippen molar-refractivity contribution in [3.63, 3.8) is 0 Å². The van der Waals surface area contributed by atoms with Crippen molar-refractivity contribution in [3.05, 3.63) is 29.8 Å². The predicted molar refractivity (Wildman–Crippen MR) is 80.9 cm³/mol. The van der Waals surface area contributed by atoms with Gasteiger partial charge in [0.25, 0.3) is 0 Å². The lowest BCUT2D eigenvalue weighted by atomic mass is 10.0. The van der Waals surface area contributed by atoms with E-state index in [1.54, 1.807) is 0 Å². The Hall–Kier alpha value is -1.51. The Morgan fingerprint density at radius 1 is 1.25 bits per heavy atom. The molecule has 2 rings (SSSR count). The fourth-order valence-electron chi connectivity index (χ4n) is 2.67. The SMILES string of the molecule is CCOc1ccc(CC(=O)N2CCCC(C)CC2)cc1. The molecule has 0 aromatic heterocycles. The largest absolute Gasteiger partial charge is 0.494 e. The minimum Gasteiger partial charge on any atom is -0.494 e. The molecule has 3 nitrogen and oxygen atoms in total. The number of amides is 1. The van der Waals surface area contributed by atoms with E-state index in [4.69, 9.17) is 4.74 Å². The summed E-state index contributed by atoms with van der Waals surface area (Å²) in [5, 5.41) is 0. The molecule has 1 aliphatic rings. The highest BCUT2D eigenvalue weighted by Gasteiger charge is 2.18. The lowest BCUT2D eigenvalue weighted by molar-refractivity contribution is -0.130. The molecule has 0 radical (unpaired) electrons. The Bertz CT molecular complexity index is 427. The van der Waals surface area contributed by atoms with E-state index in [0.29, 0.717) is 13.0 Å². The number of ether oxygens (including phenoxy) is 1. The van der Waals surface area contributed by atoms with E-state index in [2.05, 4.69) is 6.92 Å². The molecule has 1 aromatic rings. The van der Waals surface area contributed by atoms with Gasteiger partial charge in [-0.1, -0.05) is 19.1 Å². The van der Waals surface area contributed by atoms with E-state index < -0.39 is 0 Å². The molecule has 20 heavy (non-hydrogen) atoms. The van der Waals surface area contributed by atoms with Crippen LogP contribution < -0.4 is 4.74 Å². The zero-order valence-corrected chi connectivity index (χ0v) is 12.6. The molecule has 1 saturated heterocycles. The van der Waals surface area contributed by atoms with Crippen LogP contribution in [0, 0.1) is 5.92 Å². The number of nitrogens with zero attached hydrogens (tertiary/aromatic N) is 1. The van der Waals surface area contributed by atoms with Crippen molar-refractivity contribution in [2.24, 2.45) is 5.92 Å². The van der Waals surface area contributed by atoms with Gasteiger partial charge < -0.3 is 9.64 Å². The average Bonchev–Trinajstić information content (AvgIpc) is 2.66. The summed E-state index contributed by atoms with van der Waals surface area (Å²) in [6, 6.07) is 7.86. The summed E-state index contributed by atoms with van der Waals surface area (Å²) in [5.41, 5.74) is 1.07. The molecule has 0 N–H and O–H groups in total. The number of likely N-dealkylation sites (tertiary alicyclic amines) is 1. The van der Waals surface area contributed by atoms with E-state index >= 15 is 0 Å². The number of hydrogen-bond acceptors (Lipinski definition) is 2. The van der Waals surface area contributed by atoms with E-state index in [1.165, 1.54) is 6.42 Å². The van der Waals surface area contributed by atoms with Gasteiger partial charge in [0.15, 0.2) is 0 Å². The highest BCUT2D eigenvalue weighted by molar-refractivity contribution is 5.78. The summed E-state index contributed by atoms with van der Waals surface area (Å²) in [4.78, 5) is 14.4. The minimum atomic E-state index is 0.253. The van der Waals surface area contributed by atoms with Crippen molar-refractivity contribution in [2.45, 2.75) is 39.5 Å². The first kappa shape index (κ1) is 14.9. The lowest BCUT2D eigenvalue weighted by Crippen LogP contribution is -2.33. The molecule has 1 heterocycles. The number of hydrogen-bond donors (Lipinski definition) is 0. The van der Waals surface area contributed by atoms with Crippen molar-refractivity contribution in [1.82, 2.24) is 4.90 Å². The molecule has 1 aromatic carbocycles. The molecule has 0 bridgehead atoms. The topological polar surface area (TPSA) is 29.5 Å². The molecular formula is C17H25NO2. The third kappa shape index (κ3) is 4.26.